The molecule has 7 nitrogen and oxygen atoms in total. The summed E-state index contributed by atoms with van der Waals surface area (Å²) in [6, 6.07) is 7.33. The normalized spacial score (nSPS) is 11.7. The van der Waals surface area contributed by atoms with E-state index in [1.165, 1.54) is 19.3 Å². The minimum absolute atomic E-state index is 0.0350. The summed E-state index contributed by atoms with van der Waals surface area (Å²) in [6.45, 7) is 8.76. The Morgan fingerprint density at radius 1 is 1.03 bits per heavy atom. The maximum atomic E-state index is 12.6. The van der Waals surface area contributed by atoms with Crippen LogP contribution in [0.15, 0.2) is 24.3 Å². The molecule has 0 heterocycles. The second-order valence-corrected chi connectivity index (χ2v) is 9.10. The number of unbranched alkanes of at least 4 members (excludes halogenated alkanes) is 3. The Bertz CT molecular complexity index is 657. The minimum Gasteiger partial charge on any atom is -0.492 e. The average Bonchev–Trinajstić information content (AvgIpc) is 2.80. The molecule has 0 aliphatic rings. The number of carboxylic acid groups (broad SMARTS) is 1. The number of nitrogens with zero attached hydrogens (tertiary/aromatic N) is 1. The van der Waals surface area contributed by atoms with E-state index in [1.54, 1.807) is 6.92 Å². The number of carboxylic acids is 1. The van der Waals surface area contributed by atoms with Crippen LogP contribution in [0.4, 0.5) is 4.79 Å². The lowest BCUT2D eigenvalue weighted by atomic mass is 10.1. The van der Waals surface area contributed by atoms with Gasteiger partial charge in [0.2, 0.25) is 0 Å². The second-order valence-electron chi connectivity index (χ2n) is 7.87. The van der Waals surface area contributed by atoms with Crippen molar-refractivity contribution in [2.75, 3.05) is 44.4 Å². The molecule has 33 heavy (non-hydrogen) atoms. The molecule has 2 N–H and O–H groups in total. The van der Waals surface area contributed by atoms with E-state index in [2.05, 4.69) is 19.2 Å². The molecular formula is C25H42N2O5S. The van der Waals surface area contributed by atoms with Gasteiger partial charge in [0, 0.05) is 31.9 Å². The topological polar surface area (TPSA) is 88.1 Å². The van der Waals surface area contributed by atoms with Crippen LogP contribution in [0.3, 0.4) is 0 Å². The third-order valence-electron chi connectivity index (χ3n) is 5.11. The Balaban J connectivity index is 2.50. The lowest BCUT2D eigenvalue weighted by Gasteiger charge is -2.23. The van der Waals surface area contributed by atoms with Crippen molar-refractivity contribution < 1.29 is 24.2 Å². The highest BCUT2D eigenvalue weighted by atomic mass is 32.2. The highest BCUT2D eigenvalue weighted by molar-refractivity contribution is 7.99. The van der Waals surface area contributed by atoms with Crippen LogP contribution < -0.4 is 10.1 Å². The highest BCUT2D eigenvalue weighted by Crippen LogP contribution is 2.15. The molecule has 0 aromatic heterocycles. The standard InChI is InChI=1S/C25H42N2O5S/c1-4-7-9-18-33-19-16-27(25(30)26-14-8-5-2)15-17-32-22-12-10-21(11-13-22)20-23(24(28)29)31-6-3/h10-13,23H,4-9,14-20H2,1-3H3,(H,26,30)(H,28,29). The van der Waals surface area contributed by atoms with E-state index < -0.39 is 12.1 Å². The van der Waals surface area contributed by atoms with Crippen molar-refractivity contribution in [1.82, 2.24) is 10.2 Å². The predicted octanol–water partition coefficient (Wildman–Crippen LogP) is 4.83. The Morgan fingerprint density at radius 3 is 2.39 bits per heavy atom. The molecular weight excluding hydrogens is 440 g/mol. The van der Waals surface area contributed by atoms with E-state index in [0.717, 1.165) is 29.9 Å². The Kier molecular flexibility index (Phi) is 16.3. The smallest absolute Gasteiger partial charge is 0.333 e. The van der Waals surface area contributed by atoms with Crippen LogP contribution in [0, 0.1) is 0 Å². The number of rotatable bonds is 19. The van der Waals surface area contributed by atoms with E-state index in [4.69, 9.17) is 9.47 Å². The number of amides is 2. The molecule has 0 aliphatic carbocycles. The van der Waals surface area contributed by atoms with E-state index >= 15 is 0 Å². The molecule has 8 heteroatoms. The fraction of sp³-hybridized carbons (Fsp3) is 0.680. The number of urea groups is 1. The zero-order chi connectivity index (χ0) is 24.3. The van der Waals surface area contributed by atoms with Gasteiger partial charge in [0.05, 0.1) is 6.54 Å². The summed E-state index contributed by atoms with van der Waals surface area (Å²) in [5.74, 6) is 1.79. The molecule has 0 radical (unpaired) electrons. The summed E-state index contributed by atoms with van der Waals surface area (Å²) in [5.41, 5.74) is 0.875. The molecule has 1 aromatic carbocycles. The molecule has 2 amide bonds. The molecule has 0 bridgehead atoms. The first kappa shape index (κ1) is 29.1. The van der Waals surface area contributed by atoms with Gasteiger partial charge < -0.3 is 24.8 Å². The zero-order valence-corrected chi connectivity index (χ0v) is 21.3. The van der Waals surface area contributed by atoms with Gasteiger partial charge in [-0.2, -0.15) is 11.8 Å². The number of ether oxygens (including phenoxy) is 2. The maximum absolute atomic E-state index is 12.6. The van der Waals surface area contributed by atoms with Gasteiger partial charge in [0.25, 0.3) is 0 Å². The summed E-state index contributed by atoms with van der Waals surface area (Å²) >= 11 is 1.89. The number of hydrogen-bond acceptors (Lipinski definition) is 5. The number of carbonyl (C=O) groups is 2. The van der Waals surface area contributed by atoms with Crippen LogP contribution >= 0.6 is 11.8 Å². The number of hydrogen-bond donors (Lipinski definition) is 2. The van der Waals surface area contributed by atoms with Crippen LogP contribution in [0.2, 0.25) is 0 Å². The lowest BCUT2D eigenvalue weighted by molar-refractivity contribution is -0.149. The molecule has 0 spiro atoms. The molecule has 0 saturated carbocycles. The van der Waals surface area contributed by atoms with Crippen LogP contribution in [-0.2, 0) is 16.0 Å². The van der Waals surface area contributed by atoms with Crippen molar-refractivity contribution in [2.24, 2.45) is 0 Å². The number of thioether (sulfide) groups is 1. The third-order valence-corrected chi connectivity index (χ3v) is 6.16. The van der Waals surface area contributed by atoms with Crippen molar-refractivity contribution in [3.05, 3.63) is 29.8 Å². The van der Waals surface area contributed by atoms with Crippen molar-refractivity contribution in [3.8, 4) is 5.75 Å². The number of nitrogens with one attached hydrogen (secondary N) is 1. The molecule has 0 saturated heterocycles. The fourth-order valence-corrected chi connectivity index (χ4v) is 4.12. The zero-order valence-electron chi connectivity index (χ0n) is 20.5. The lowest BCUT2D eigenvalue weighted by Crippen LogP contribution is -2.43. The van der Waals surface area contributed by atoms with E-state index in [-0.39, 0.29) is 6.03 Å². The molecule has 0 fully saturated rings. The third kappa shape index (κ3) is 13.4. The van der Waals surface area contributed by atoms with Crippen molar-refractivity contribution in [2.45, 2.75) is 65.4 Å². The van der Waals surface area contributed by atoms with Crippen LogP contribution in [0.5, 0.6) is 5.75 Å². The van der Waals surface area contributed by atoms with Crippen molar-refractivity contribution in [1.29, 1.82) is 0 Å². The first-order chi connectivity index (χ1) is 16.0. The quantitative estimate of drug-likeness (QED) is 0.275. The monoisotopic (exact) mass is 482 g/mol. The van der Waals surface area contributed by atoms with Gasteiger partial charge in [-0.25, -0.2) is 9.59 Å². The van der Waals surface area contributed by atoms with Crippen molar-refractivity contribution >= 4 is 23.8 Å². The van der Waals surface area contributed by atoms with Gasteiger partial charge in [-0.3, -0.25) is 0 Å². The molecule has 1 aromatic rings. The first-order valence-electron chi connectivity index (χ1n) is 12.2. The number of benzene rings is 1. The summed E-state index contributed by atoms with van der Waals surface area (Å²) < 4.78 is 11.1. The summed E-state index contributed by atoms with van der Waals surface area (Å²) in [4.78, 5) is 25.7. The molecule has 188 valence electrons. The molecule has 1 rings (SSSR count). The Morgan fingerprint density at radius 2 is 1.76 bits per heavy atom. The summed E-state index contributed by atoms with van der Waals surface area (Å²) in [7, 11) is 0. The van der Waals surface area contributed by atoms with Crippen molar-refractivity contribution in [3.63, 3.8) is 0 Å². The minimum atomic E-state index is -0.960. The number of aliphatic carboxylic acids is 1. The highest BCUT2D eigenvalue weighted by Gasteiger charge is 2.18. The van der Waals surface area contributed by atoms with Crippen LogP contribution in [-0.4, -0.2) is 72.5 Å². The van der Waals surface area contributed by atoms with Gasteiger partial charge in [-0.05, 0) is 43.2 Å². The molecule has 1 atom stereocenters. The number of carbonyl (C=O) groups excluding carboxylic acids is 1. The predicted molar refractivity (Wildman–Crippen MR) is 135 cm³/mol. The van der Waals surface area contributed by atoms with Gasteiger partial charge in [-0.15, -0.1) is 0 Å². The van der Waals surface area contributed by atoms with E-state index in [1.807, 2.05) is 40.9 Å². The van der Waals surface area contributed by atoms with Crippen LogP contribution in [0.1, 0.15) is 58.4 Å². The largest absolute Gasteiger partial charge is 0.492 e. The van der Waals surface area contributed by atoms with Gasteiger partial charge in [-0.1, -0.05) is 45.2 Å². The van der Waals surface area contributed by atoms with Gasteiger partial charge >= 0.3 is 12.0 Å². The van der Waals surface area contributed by atoms with E-state index in [9.17, 15) is 14.7 Å². The van der Waals surface area contributed by atoms with Gasteiger partial charge in [0.15, 0.2) is 6.10 Å². The summed E-state index contributed by atoms with van der Waals surface area (Å²) in [6.07, 6.45) is 5.18. The molecule has 1 unspecified atom stereocenters. The molecule has 0 aliphatic heterocycles. The summed E-state index contributed by atoms with van der Waals surface area (Å²) in [5, 5.41) is 12.2. The van der Waals surface area contributed by atoms with Crippen LogP contribution in [0.25, 0.3) is 0 Å². The van der Waals surface area contributed by atoms with E-state index in [0.29, 0.717) is 45.0 Å². The second kappa shape index (κ2) is 18.5. The Hall–Kier alpha value is -1.93. The maximum Gasteiger partial charge on any atom is 0.333 e. The SMILES string of the molecule is CCCCCSCCN(CCOc1ccc(CC(OCC)C(=O)O)cc1)C(=O)NCCCC. The first-order valence-corrected chi connectivity index (χ1v) is 13.3. The van der Waals surface area contributed by atoms with Gasteiger partial charge in [0.1, 0.15) is 12.4 Å². The average molecular weight is 483 g/mol. The fourth-order valence-electron chi connectivity index (χ4n) is 3.16. The Labute approximate surface area is 203 Å².